The minimum atomic E-state index is -0.467. The summed E-state index contributed by atoms with van der Waals surface area (Å²) in [6, 6.07) is 4.82. The van der Waals surface area contributed by atoms with Gasteiger partial charge in [0.25, 0.3) is 0 Å². The number of aliphatic hydroxyl groups excluding tert-OH is 1. The van der Waals surface area contributed by atoms with Crippen LogP contribution in [-0.2, 0) is 6.42 Å². The second kappa shape index (κ2) is 6.84. The maximum absolute atomic E-state index is 13.5. The average molecular weight is 268 g/mol. The van der Waals surface area contributed by atoms with Gasteiger partial charge in [-0.25, -0.2) is 4.39 Å². The predicted molar refractivity (Wildman–Crippen MR) is 72.0 cm³/mol. The van der Waals surface area contributed by atoms with Crippen molar-refractivity contribution < 1.29 is 14.2 Å². The summed E-state index contributed by atoms with van der Waals surface area (Å²) < 4.78 is 18.4. The Morgan fingerprint density at radius 3 is 2.79 bits per heavy atom. The Morgan fingerprint density at radius 1 is 1.42 bits per heavy atom. The maximum atomic E-state index is 13.5. The van der Waals surface area contributed by atoms with E-state index in [0.717, 1.165) is 31.7 Å². The molecule has 1 aromatic rings. The van der Waals surface area contributed by atoms with Crippen molar-refractivity contribution in [2.24, 2.45) is 0 Å². The van der Waals surface area contributed by atoms with Crippen molar-refractivity contribution in [3.8, 4) is 5.75 Å². The Labute approximate surface area is 113 Å². The molecule has 0 aliphatic carbocycles. The highest BCUT2D eigenvalue weighted by Gasteiger charge is 2.15. The van der Waals surface area contributed by atoms with Crippen LogP contribution in [0.15, 0.2) is 18.2 Å². The van der Waals surface area contributed by atoms with E-state index in [0.29, 0.717) is 13.0 Å². The Morgan fingerprint density at radius 2 is 2.16 bits per heavy atom. The van der Waals surface area contributed by atoms with Gasteiger partial charge in [0, 0.05) is 32.7 Å². The molecule has 106 valence electrons. The molecule has 0 aromatic heterocycles. The van der Waals surface area contributed by atoms with Gasteiger partial charge in [0.2, 0.25) is 0 Å². The van der Waals surface area contributed by atoms with Crippen LogP contribution in [0.2, 0.25) is 0 Å². The normalized spacial score (nSPS) is 18.3. The summed E-state index contributed by atoms with van der Waals surface area (Å²) in [6.07, 6.45) is -0.00363. The highest BCUT2D eigenvalue weighted by atomic mass is 19.1. The van der Waals surface area contributed by atoms with E-state index in [1.165, 1.54) is 13.2 Å². The summed E-state index contributed by atoms with van der Waals surface area (Å²) in [4.78, 5) is 2.22. The van der Waals surface area contributed by atoms with E-state index in [1.54, 1.807) is 12.1 Å². The fourth-order valence-corrected chi connectivity index (χ4v) is 2.37. The number of hydrogen-bond donors (Lipinski definition) is 2. The molecule has 19 heavy (non-hydrogen) atoms. The summed E-state index contributed by atoms with van der Waals surface area (Å²) in [7, 11) is 1.44. The standard InChI is InChI=1S/C14H21FN2O2/c1-19-14-3-2-11(9-13(14)15)8-12(18)10-17-6-4-16-5-7-17/h2-3,9,12,16,18H,4-8,10H2,1H3. The number of piperazine rings is 1. The summed E-state index contributed by atoms with van der Waals surface area (Å²) in [5, 5.41) is 13.3. The quantitative estimate of drug-likeness (QED) is 0.823. The molecule has 0 amide bonds. The summed E-state index contributed by atoms with van der Waals surface area (Å²) in [5.74, 6) is -0.144. The molecule has 2 N–H and O–H groups in total. The van der Waals surface area contributed by atoms with Gasteiger partial charge in [-0.1, -0.05) is 6.07 Å². The van der Waals surface area contributed by atoms with Gasteiger partial charge in [0.15, 0.2) is 11.6 Å². The lowest BCUT2D eigenvalue weighted by molar-refractivity contribution is 0.105. The number of nitrogens with one attached hydrogen (secondary N) is 1. The maximum Gasteiger partial charge on any atom is 0.165 e. The van der Waals surface area contributed by atoms with Crippen molar-refractivity contribution in [1.29, 1.82) is 0 Å². The van der Waals surface area contributed by atoms with Crippen molar-refractivity contribution in [2.45, 2.75) is 12.5 Å². The van der Waals surface area contributed by atoms with Crippen LogP contribution in [0.5, 0.6) is 5.75 Å². The minimum absolute atomic E-state index is 0.236. The molecule has 1 fully saturated rings. The van der Waals surface area contributed by atoms with Crippen molar-refractivity contribution in [3.63, 3.8) is 0 Å². The largest absolute Gasteiger partial charge is 0.494 e. The minimum Gasteiger partial charge on any atom is -0.494 e. The first-order valence-electron chi connectivity index (χ1n) is 6.62. The second-order valence-electron chi connectivity index (χ2n) is 4.88. The zero-order chi connectivity index (χ0) is 13.7. The van der Waals surface area contributed by atoms with Gasteiger partial charge in [0.05, 0.1) is 13.2 Å². The van der Waals surface area contributed by atoms with Crippen molar-refractivity contribution in [3.05, 3.63) is 29.6 Å². The fourth-order valence-electron chi connectivity index (χ4n) is 2.37. The van der Waals surface area contributed by atoms with Gasteiger partial charge >= 0.3 is 0 Å². The van der Waals surface area contributed by atoms with E-state index < -0.39 is 6.10 Å². The molecule has 1 saturated heterocycles. The smallest absolute Gasteiger partial charge is 0.165 e. The van der Waals surface area contributed by atoms with Crippen LogP contribution in [0, 0.1) is 5.82 Å². The zero-order valence-electron chi connectivity index (χ0n) is 11.2. The third-order valence-electron chi connectivity index (χ3n) is 3.37. The molecule has 1 atom stereocenters. The van der Waals surface area contributed by atoms with Crippen LogP contribution in [-0.4, -0.2) is 55.9 Å². The van der Waals surface area contributed by atoms with Gasteiger partial charge in [-0.3, -0.25) is 4.90 Å². The SMILES string of the molecule is COc1ccc(CC(O)CN2CCNCC2)cc1F. The van der Waals surface area contributed by atoms with Crippen molar-refractivity contribution >= 4 is 0 Å². The molecule has 4 nitrogen and oxygen atoms in total. The van der Waals surface area contributed by atoms with Gasteiger partial charge in [-0.05, 0) is 24.1 Å². The number of methoxy groups -OCH3 is 1. The molecule has 1 unspecified atom stereocenters. The third-order valence-corrected chi connectivity index (χ3v) is 3.37. The van der Waals surface area contributed by atoms with Gasteiger partial charge in [-0.2, -0.15) is 0 Å². The Bertz CT molecular complexity index is 408. The molecular formula is C14H21FN2O2. The predicted octanol–water partition coefficient (Wildman–Crippen LogP) is 0.643. The fraction of sp³-hybridized carbons (Fsp3) is 0.571. The molecule has 1 heterocycles. The van der Waals surface area contributed by atoms with Crippen molar-refractivity contribution in [1.82, 2.24) is 10.2 Å². The molecular weight excluding hydrogens is 247 g/mol. The molecule has 0 radical (unpaired) electrons. The number of ether oxygens (including phenoxy) is 1. The lowest BCUT2D eigenvalue weighted by atomic mass is 10.1. The first-order chi connectivity index (χ1) is 9.19. The molecule has 0 saturated carbocycles. The molecule has 5 heteroatoms. The Hall–Kier alpha value is -1.17. The van der Waals surface area contributed by atoms with E-state index in [2.05, 4.69) is 10.2 Å². The third kappa shape index (κ3) is 4.16. The van der Waals surface area contributed by atoms with Crippen LogP contribution in [0.3, 0.4) is 0 Å². The number of nitrogens with zero attached hydrogens (tertiary/aromatic N) is 1. The first kappa shape index (κ1) is 14.2. The molecule has 1 aromatic carbocycles. The second-order valence-corrected chi connectivity index (χ2v) is 4.88. The monoisotopic (exact) mass is 268 g/mol. The van der Waals surface area contributed by atoms with Crippen LogP contribution in [0.25, 0.3) is 0 Å². The zero-order valence-corrected chi connectivity index (χ0v) is 11.2. The van der Waals surface area contributed by atoms with Gasteiger partial charge < -0.3 is 15.2 Å². The number of halogens is 1. The van der Waals surface area contributed by atoms with Gasteiger partial charge in [-0.15, -0.1) is 0 Å². The number of rotatable bonds is 5. The Kier molecular flexibility index (Phi) is 5.13. The van der Waals surface area contributed by atoms with E-state index >= 15 is 0 Å². The van der Waals surface area contributed by atoms with E-state index in [9.17, 15) is 9.50 Å². The molecule has 0 bridgehead atoms. The van der Waals surface area contributed by atoms with E-state index in [1.807, 2.05) is 0 Å². The summed E-state index contributed by atoms with van der Waals surface area (Å²) >= 11 is 0. The average Bonchev–Trinajstić information content (AvgIpc) is 2.40. The number of hydrogen-bond acceptors (Lipinski definition) is 4. The molecule has 1 aliphatic rings. The summed E-state index contributed by atoms with van der Waals surface area (Å²) in [5.41, 5.74) is 0.793. The summed E-state index contributed by atoms with van der Waals surface area (Å²) in [6.45, 7) is 4.46. The highest BCUT2D eigenvalue weighted by molar-refractivity contribution is 5.29. The van der Waals surface area contributed by atoms with Crippen LogP contribution in [0.1, 0.15) is 5.56 Å². The molecule has 0 spiro atoms. The van der Waals surface area contributed by atoms with E-state index in [-0.39, 0.29) is 11.6 Å². The van der Waals surface area contributed by atoms with Crippen LogP contribution >= 0.6 is 0 Å². The number of β-amino-alcohol motifs (C(OH)–C–C–N with tert-alkyl or cyclic N) is 1. The first-order valence-corrected chi connectivity index (χ1v) is 6.62. The Balaban J connectivity index is 1.87. The topological polar surface area (TPSA) is 44.7 Å². The van der Waals surface area contributed by atoms with E-state index in [4.69, 9.17) is 4.74 Å². The highest BCUT2D eigenvalue weighted by Crippen LogP contribution is 2.18. The van der Waals surface area contributed by atoms with Crippen LogP contribution in [0.4, 0.5) is 4.39 Å². The lowest BCUT2D eigenvalue weighted by Crippen LogP contribution is -2.46. The van der Waals surface area contributed by atoms with Crippen LogP contribution < -0.4 is 10.1 Å². The number of benzene rings is 1. The lowest BCUT2D eigenvalue weighted by Gasteiger charge is -2.29. The molecule has 2 rings (SSSR count). The molecule has 1 aliphatic heterocycles. The van der Waals surface area contributed by atoms with Crippen molar-refractivity contribution in [2.75, 3.05) is 39.8 Å². The number of aliphatic hydroxyl groups is 1. The van der Waals surface area contributed by atoms with Gasteiger partial charge in [0.1, 0.15) is 0 Å².